The Kier molecular flexibility index (Phi) is 6.22. The summed E-state index contributed by atoms with van der Waals surface area (Å²) in [5.41, 5.74) is 0.578. The number of benzene rings is 1. The van der Waals surface area contributed by atoms with Crippen LogP contribution in [0.15, 0.2) is 61.1 Å². The fourth-order valence-electron chi connectivity index (χ4n) is 2.45. The van der Waals surface area contributed by atoms with E-state index >= 15 is 0 Å². The van der Waals surface area contributed by atoms with Crippen molar-refractivity contribution in [3.63, 3.8) is 0 Å². The van der Waals surface area contributed by atoms with Crippen molar-refractivity contribution >= 4 is 5.97 Å². The number of carbonyl (C=O) groups excluding carboxylic acids is 1. The predicted molar refractivity (Wildman–Crippen MR) is 92.7 cm³/mol. The lowest BCUT2D eigenvalue weighted by molar-refractivity contribution is 0.0281. The highest BCUT2D eigenvalue weighted by Gasteiger charge is 2.26. The number of carbonyl (C=O) groups is 1. The first-order valence-corrected chi connectivity index (χ1v) is 8.22. The second-order valence-corrected chi connectivity index (χ2v) is 5.54. The fraction of sp³-hybridized carbons (Fsp3) is 0.211. The standard InChI is InChI=1S/C19H17F2N3O3/c20-18(21)17-16(12-23-24(17)15-6-8-22-9-7-15)19(25)27-11-10-26-13-14-4-2-1-3-5-14/h1-9,12,18H,10-11,13H2. The molecule has 0 unspecified atom stereocenters. The molecule has 8 heteroatoms. The molecular weight excluding hydrogens is 356 g/mol. The summed E-state index contributed by atoms with van der Waals surface area (Å²) in [5.74, 6) is -0.867. The van der Waals surface area contributed by atoms with E-state index in [1.54, 1.807) is 0 Å². The zero-order valence-electron chi connectivity index (χ0n) is 14.3. The average molecular weight is 373 g/mol. The van der Waals surface area contributed by atoms with E-state index in [0.717, 1.165) is 16.4 Å². The molecule has 0 amide bonds. The Morgan fingerprint density at radius 3 is 2.52 bits per heavy atom. The van der Waals surface area contributed by atoms with Crippen LogP contribution in [-0.2, 0) is 16.1 Å². The number of hydrogen-bond acceptors (Lipinski definition) is 5. The molecule has 0 bridgehead atoms. The molecule has 2 heterocycles. The molecule has 140 valence electrons. The molecule has 0 atom stereocenters. The van der Waals surface area contributed by atoms with Gasteiger partial charge in [0.2, 0.25) is 0 Å². The summed E-state index contributed by atoms with van der Waals surface area (Å²) in [4.78, 5) is 16.0. The van der Waals surface area contributed by atoms with Crippen molar-refractivity contribution in [3.8, 4) is 5.69 Å². The summed E-state index contributed by atoms with van der Waals surface area (Å²) < 4.78 is 38.4. The highest BCUT2D eigenvalue weighted by atomic mass is 19.3. The Morgan fingerprint density at radius 2 is 1.81 bits per heavy atom. The normalized spacial score (nSPS) is 10.9. The molecule has 27 heavy (non-hydrogen) atoms. The van der Waals surface area contributed by atoms with Gasteiger partial charge in [0, 0.05) is 12.4 Å². The number of aromatic nitrogens is 3. The van der Waals surface area contributed by atoms with Crippen molar-refractivity contribution in [1.82, 2.24) is 14.8 Å². The van der Waals surface area contributed by atoms with Gasteiger partial charge in [-0.3, -0.25) is 4.98 Å². The van der Waals surface area contributed by atoms with Gasteiger partial charge in [0.1, 0.15) is 17.9 Å². The molecule has 0 saturated carbocycles. The second-order valence-electron chi connectivity index (χ2n) is 5.54. The van der Waals surface area contributed by atoms with E-state index in [4.69, 9.17) is 9.47 Å². The summed E-state index contributed by atoms with van der Waals surface area (Å²) in [6.45, 7) is 0.485. The monoisotopic (exact) mass is 373 g/mol. The third kappa shape index (κ3) is 4.73. The topological polar surface area (TPSA) is 66.2 Å². The van der Waals surface area contributed by atoms with Gasteiger partial charge in [0.15, 0.2) is 0 Å². The molecular formula is C19H17F2N3O3. The molecule has 3 rings (SSSR count). The first-order valence-electron chi connectivity index (χ1n) is 8.22. The fourth-order valence-corrected chi connectivity index (χ4v) is 2.45. The zero-order chi connectivity index (χ0) is 19.1. The van der Waals surface area contributed by atoms with Crippen LogP contribution in [0.4, 0.5) is 8.78 Å². The van der Waals surface area contributed by atoms with Crippen LogP contribution in [0.5, 0.6) is 0 Å². The van der Waals surface area contributed by atoms with E-state index in [0.29, 0.717) is 12.3 Å². The van der Waals surface area contributed by atoms with Gasteiger partial charge in [-0.1, -0.05) is 30.3 Å². The average Bonchev–Trinajstić information content (AvgIpc) is 3.15. The number of alkyl halides is 2. The van der Waals surface area contributed by atoms with Gasteiger partial charge in [-0.25, -0.2) is 18.3 Å². The van der Waals surface area contributed by atoms with Crippen LogP contribution in [0.2, 0.25) is 0 Å². The number of pyridine rings is 1. The van der Waals surface area contributed by atoms with E-state index in [-0.39, 0.29) is 18.8 Å². The summed E-state index contributed by atoms with van der Waals surface area (Å²) in [6.07, 6.45) is 1.09. The molecule has 0 N–H and O–H groups in total. The number of rotatable bonds is 8. The highest BCUT2D eigenvalue weighted by Crippen LogP contribution is 2.26. The molecule has 2 aromatic heterocycles. The van der Waals surface area contributed by atoms with Gasteiger partial charge in [-0.2, -0.15) is 5.10 Å². The quantitative estimate of drug-likeness (QED) is 0.446. The van der Waals surface area contributed by atoms with Crippen LogP contribution in [-0.4, -0.2) is 33.9 Å². The Hall–Kier alpha value is -3.13. The maximum absolute atomic E-state index is 13.5. The number of esters is 1. The predicted octanol–water partition coefficient (Wildman–Crippen LogP) is 3.58. The number of ether oxygens (including phenoxy) is 2. The smallest absolute Gasteiger partial charge is 0.341 e. The van der Waals surface area contributed by atoms with Gasteiger partial charge in [0.05, 0.1) is 25.1 Å². The Morgan fingerprint density at radius 1 is 1.07 bits per heavy atom. The maximum atomic E-state index is 13.5. The summed E-state index contributed by atoms with van der Waals surface area (Å²) in [7, 11) is 0. The minimum Gasteiger partial charge on any atom is -0.460 e. The van der Waals surface area contributed by atoms with Crippen LogP contribution in [0.25, 0.3) is 5.69 Å². The Balaban J connectivity index is 1.59. The first-order chi connectivity index (χ1) is 13.2. The van der Waals surface area contributed by atoms with Gasteiger partial charge < -0.3 is 9.47 Å². The summed E-state index contributed by atoms with van der Waals surface area (Å²) in [5, 5.41) is 3.89. The third-order valence-corrected chi connectivity index (χ3v) is 3.71. The summed E-state index contributed by atoms with van der Waals surface area (Å²) >= 11 is 0. The molecule has 1 aromatic carbocycles. The maximum Gasteiger partial charge on any atom is 0.341 e. The number of halogens is 2. The van der Waals surface area contributed by atoms with Crippen LogP contribution in [0.3, 0.4) is 0 Å². The molecule has 0 saturated heterocycles. The van der Waals surface area contributed by atoms with Crippen molar-refractivity contribution in [2.75, 3.05) is 13.2 Å². The SMILES string of the molecule is O=C(OCCOCc1ccccc1)c1cnn(-c2ccncc2)c1C(F)F. The zero-order valence-corrected chi connectivity index (χ0v) is 14.3. The molecule has 0 spiro atoms. The molecule has 0 radical (unpaired) electrons. The molecule has 3 aromatic rings. The molecule has 0 aliphatic heterocycles. The van der Waals surface area contributed by atoms with Gasteiger partial charge in [-0.05, 0) is 17.7 Å². The molecule has 0 aliphatic rings. The summed E-state index contributed by atoms with van der Waals surface area (Å²) in [6, 6.07) is 12.5. The lowest BCUT2D eigenvalue weighted by Crippen LogP contribution is -2.13. The minimum absolute atomic E-state index is 0.0468. The van der Waals surface area contributed by atoms with Gasteiger partial charge in [-0.15, -0.1) is 0 Å². The van der Waals surface area contributed by atoms with Crippen molar-refractivity contribution in [3.05, 3.63) is 77.9 Å². The van der Waals surface area contributed by atoms with E-state index in [2.05, 4.69) is 10.1 Å². The Bertz CT molecular complexity index is 870. The van der Waals surface area contributed by atoms with E-state index in [1.165, 1.54) is 24.5 Å². The van der Waals surface area contributed by atoms with E-state index in [9.17, 15) is 13.6 Å². The molecule has 0 aliphatic carbocycles. The second kappa shape index (κ2) is 9.00. The van der Waals surface area contributed by atoms with E-state index < -0.39 is 18.1 Å². The van der Waals surface area contributed by atoms with Crippen LogP contribution in [0, 0.1) is 0 Å². The largest absolute Gasteiger partial charge is 0.460 e. The lowest BCUT2D eigenvalue weighted by Gasteiger charge is -2.09. The van der Waals surface area contributed by atoms with Crippen LogP contribution >= 0.6 is 0 Å². The van der Waals surface area contributed by atoms with Crippen LogP contribution < -0.4 is 0 Å². The lowest BCUT2D eigenvalue weighted by atomic mass is 10.2. The van der Waals surface area contributed by atoms with Crippen LogP contribution in [0.1, 0.15) is 28.0 Å². The number of nitrogens with zero attached hydrogens (tertiary/aromatic N) is 3. The van der Waals surface area contributed by atoms with Gasteiger partial charge in [0.25, 0.3) is 6.43 Å². The third-order valence-electron chi connectivity index (χ3n) is 3.71. The molecule has 6 nitrogen and oxygen atoms in total. The van der Waals surface area contributed by atoms with Gasteiger partial charge >= 0.3 is 5.97 Å². The minimum atomic E-state index is -2.89. The van der Waals surface area contributed by atoms with Crippen molar-refractivity contribution < 1.29 is 23.0 Å². The van der Waals surface area contributed by atoms with Crippen molar-refractivity contribution in [1.29, 1.82) is 0 Å². The van der Waals surface area contributed by atoms with Crippen molar-refractivity contribution in [2.45, 2.75) is 13.0 Å². The van der Waals surface area contributed by atoms with Crippen molar-refractivity contribution in [2.24, 2.45) is 0 Å². The number of hydrogen-bond donors (Lipinski definition) is 0. The highest BCUT2D eigenvalue weighted by molar-refractivity contribution is 5.90. The Labute approximate surface area is 154 Å². The first kappa shape index (κ1) is 18.7. The van der Waals surface area contributed by atoms with E-state index in [1.807, 2.05) is 30.3 Å². The molecule has 0 fully saturated rings.